The normalized spacial score (nSPS) is 19.0. The quantitative estimate of drug-likeness (QED) is 0.538. The molecule has 1 aromatic heterocycles. The summed E-state index contributed by atoms with van der Waals surface area (Å²) in [6.07, 6.45) is 6.53. The number of carbonyl (C=O) groups excluding carboxylic acids is 1. The molecule has 5 aliphatic rings. The molecule has 36 heavy (non-hydrogen) atoms. The molecule has 0 saturated heterocycles. The van der Waals surface area contributed by atoms with Gasteiger partial charge in [0, 0.05) is 36.8 Å². The molecule has 0 radical (unpaired) electrons. The zero-order valence-corrected chi connectivity index (χ0v) is 20.7. The van der Waals surface area contributed by atoms with Crippen molar-refractivity contribution in [1.29, 1.82) is 0 Å². The summed E-state index contributed by atoms with van der Waals surface area (Å²) < 4.78 is 5.84. The summed E-state index contributed by atoms with van der Waals surface area (Å²) in [6, 6.07) is 17.9. The molecule has 3 aromatic rings. The van der Waals surface area contributed by atoms with Gasteiger partial charge in [-0.15, -0.1) is 0 Å². The van der Waals surface area contributed by atoms with Crippen LogP contribution in [-0.2, 0) is 24.2 Å². The van der Waals surface area contributed by atoms with Gasteiger partial charge >= 0.3 is 5.97 Å². The second-order valence-corrected chi connectivity index (χ2v) is 9.90. The van der Waals surface area contributed by atoms with Gasteiger partial charge in [0.1, 0.15) is 0 Å². The van der Waals surface area contributed by atoms with Gasteiger partial charge in [-0.25, -0.2) is 4.98 Å². The number of nitrogens with zero attached hydrogens (tertiary/aromatic N) is 2. The molecule has 8 rings (SSSR count). The number of carbonyl (C=O) groups is 2. The molecule has 6 heterocycles. The first-order valence-electron chi connectivity index (χ1n) is 12.8. The molecule has 1 N–H and O–H groups in total. The molecule has 186 valence electrons. The zero-order valence-electron chi connectivity index (χ0n) is 20.7. The smallest absolute Gasteiger partial charge is 0.307 e. The Morgan fingerprint density at radius 2 is 1.81 bits per heavy atom. The fourth-order valence-corrected chi connectivity index (χ4v) is 5.30. The Balaban J connectivity index is 1.52. The Hall–Kier alpha value is -3.67. The average Bonchev–Trinajstić information content (AvgIpc) is 2.90. The highest BCUT2D eigenvalue weighted by atomic mass is 16.5. The molecule has 5 aliphatic heterocycles. The number of hydrogen-bond donors (Lipinski definition) is 1. The van der Waals surface area contributed by atoms with E-state index in [1.807, 2.05) is 35.2 Å². The Kier molecular flexibility index (Phi) is 7.03. The lowest BCUT2D eigenvalue weighted by atomic mass is 9.80. The van der Waals surface area contributed by atoms with E-state index in [1.54, 1.807) is 13.1 Å². The number of carboxylic acids is 1. The van der Waals surface area contributed by atoms with Crippen molar-refractivity contribution in [2.24, 2.45) is 5.92 Å². The van der Waals surface area contributed by atoms with Crippen molar-refractivity contribution < 1.29 is 19.4 Å². The minimum absolute atomic E-state index is 0.0379. The summed E-state index contributed by atoms with van der Waals surface area (Å²) in [5, 5.41) is 9.88. The van der Waals surface area contributed by atoms with Gasteiger partial charge in [-0.1, -0.05) is 43.3 Å². The third-order valence-corrected chi connectivity index (χ3v) is 7.46. The predicted molar refractivity (Wildman–Crippen MR) is 137 cm³/mol. The number of aryl methyl sites for hydroxylation is 1. The number of ether oxygens (including phenoxy) is 1. The molecule has 7 bridgehead atoms. The summed E-state index contributed by atoms with van der Waals surface area (Å²) in [7, 11) is 0. The van der Waals surface area contributed by atoms with Gasteiger partial charge in [0.2, 0.25) is 5.88 Å². The summed E-state index contributed by atoms with van der Waals surface area (Å²) in [4.78, 5) is 31.7. The van der Waals surface area contributed by atoms with Crippen LogP contribution in [0.2, 0.25) is 0 Å². The lowest BCUT2D eigenvalue weighted by Gasteiger charge is -2.30. The van der Waals surface area contributed by atoms with E-state index in [1.165, 1.54) is 11.1 Å². The van der Waals surface area contributed by atoms with Crippen LogP contribution in [0.25, 0.3) is 0 Å². The van der Waals surface area contributed by atoms with Gasteiger partial charge in [-0.05, 0) is 72.1 Å². The van der Waals surface area contributed by atoms with E-state index >= 15 is 0 Å². The van der Waals surface area contributed by atoms with E-state index < -0.39 is 11.9 Å². The number of carboxylic acid groups (broad SMARTS) is 1. The minimum atomic E-state index is -0.858. The molecule has 1 amide bonds. The van der Waals surface area contributed by atoms with E-state index in [9.17, 15) is 14.7 Å². The van der Waals surface area contributed by atoms with Crippen LogP contribution < -0.4 is 4.74 Å². The van der Waals surface area contributed by atoms with Gasteiger partial charge in [0.15, 0.2) is 0 Å². The highest BCUT2D eigenvalue weighted by Crippen LogP contribution is 2.35. The molecular weight excluding hydrogens is 452 g/mol. The summed E-state index contributed by atoms with van der Waals surface area (Å²) in [6.45, 7) is 3.52. The molecule has 6 nitrogen and oxygen atoms in total. The Bertz CT molecular complexity index is 1240. The number of hydrogen-bond acceptors (Lipinski definition) is 4. The topological polar surface area (TPSA) is 79.7 Å². The largest absolute Gasteiger partial charge is 0.481 e. The first-order chi connectivity index (χ1) is 17.5. The first kappa shape index (κ1) is 24.0. The van der Waals surface area contributed by atoms with Crippen LogP contribution in [0.15, 0.2) is 60.8 Å². The van der Waals surface area contributed by atoms with Crippen molar-refractivity contribution in [1.82, 2.24) is 9.88 Å². The van der Waals surface area contributed by atoms with Gasteiger partial charge in [0.25, 0.3) is 5.91 Å². The number of rotatable bonds is 2. The minimum Gasteiger partial charge on any atom is -0.481 e. The van der Waals surface area contributed by atoms with Crippen LogP contribution in [0.3, 0.4) is 0 Å². The maximum atomic E-state index is 13.3. The van der Waals surface area contributed by atoms with Crippen molar-refractivity contribution in [2.45, 2.75) is 51.5 Å². The molecule has 2 atom stereocenters. The van der Waals surface area contributed by atoms with E-state index in [4.69, 9.17) is 4.74 Å². The Morgan fingerprint density at radius 3 is 2.56 bits per heavy atom. The molecule has 0 unspecified atom stereocenters. The van der Waals surface area contributed by atoms with Gasteiger partial charge < -0.3 is 14.7 Å². The zero-order chi connectivity index (χ0) is 25.1. The molecular formula is C30H32N2O4. The summed E-state index contributed by atoms with van der Waals surface area (Å²) >= 11 is 0. The second kappa shape index (κ2) is 10.5. The van der Waals surface area contributed by atoms with Crippen molar-refractivity contribution in [2.75, 3.05) is 13.2 Å². The van der Waals surface area contributed by atoms with E-state index in [2.05, 4.69) is 29.2 Å². The van der Waals surface area contributed by atoms with Crippen molar-refractivity contribution >= 4 is 11.9 Å². The van der Waals surface area contributed by atoms with Crippen LogP contribution in [0.5, 0.6) is 5.88 Å². The number of pyridine rings is 1. The standard InChI is InChI=1S/C30H32N2O4/c1-20(30(34)35)28-24-11-10-22-14-15-32(19-26(22)17-24)29(33)23-8-6-21(7-9-23)5-3-2-4-16-36-27-13-12-25(28)18-31-27/h6-13,17-18,20,28H,2-5,14-16,19H2,1H3,(H,34,35)/t20-,28+/m0/s1. The Morgan fingerprint density at radius 1 is 1.00 bits per heavy atom. The number of benzene rings is 2. The van der Waals surface area contributed by atoms with Gasteiger partial charge in [0.05, 0.1) is 12.5 Å². The van der Waals surface area contributed by atoms with Crippen LogP contribution in [0.4, 0.5) is 0 Å². The van der Waals surface area contributed by atoms with Crippen molar-refractivity contribution in [3.8, 4) is 5.88 Å². The lowest BCUT2D eigenvalue weighted by molar-refractivity contribution is -0.141. The third-order valence-electron chi connectivity index (χ3n) is 7.46. The summed E-state index contributed by atoms with van der Waals surface area (Å²) in [5.41, 5.74) is 5.99. The predicted octanol–water partition coefficient (Wildman–Crippen LogP) is 5.24. The highest BCUT2D eigenvalue weighted by Gasteiger charge is 2.29. The van der Waals surface area contributed by atoms with E-state index in [0.29, 0.717) is 31.1 Å². The van der Waals surface area contributed by atoms with Crippen LogP contribution in [0, 0.1) is 5.92 Å². The maximum absolute atomic E-state index is 13.3. The number of aromatic nitrogens is 1. The summed E-state index contributed by atoms with van der Waals surface area (Å²) in [5.74, 6) is -1.26. The van der Waals surface area contributed by atoms with Crippen molar-refractivity contribution in [3.05, 3.63) is 94.2 Å². The third kappa shape index (κ3) is 5.13. The van der Waals surface area contributed by atoms with Crippen LogP contribution in [-0.4, -0.2) is 40.0 Å². The van der Waals surface area contributed by atoms with Gasteiger partial charge in [-0.3, -0.25) is 9.59 Å². The first-order valence-corrected chi connectivity index (χ1v) is 12.8. The Labute approximate surface area is 211 Å². The SMILES string of the molecule is C[C@H](C(=O)O)[C@H]1c2ccc(nc2)OCCCCCc2ccc(cc2)C(=O)N2CCc3ccc1cc3C2. The van der Waals surface area contributed by atoms with E-state index in [0.717, 1.165) is 48.8 Å². The second-order valence-electron chi connectivity index (χ2n) is 9.90. The van der Waals surface area contributed by atoms with Crippen LogP contribution >= 0.6 is 0 Å². The maximum Gasteiger partial charge on any atom is 0.307 e. The van der Waals surface area contributed by atoms with Crippen molar-refractivity contribution in [3.63, 3.8) is 0 Å². The molecule has 0 fully saturated rings. The highest BCUT2D eigenvalue weighted by molar-refractivity contribution is 5.94. The molecule has 0 aliphatic carbocycles. The average molecular weight is 485 g/mol. The lowest BCUT2D eigenvalue weighted by Crippen LogP contribution is -2.36. The molecule has 0 saturated carbocycles. The number of aliphatic carboxylic acids is 1. The van der Waals surface area contributed by atoms with Crippen LogP contribution in [0.1, 0.15) is 70.3 Å². The van der Waals surface area contributed by atoms with Gasteiger partial charge in [-0.2, -0.15) is 0 Å². The molecule has 0 spiro atoms. The monoisotopic (exact) mass is 484 g/mol. The molecule has 6 heteroatoms. The van der Waals surface area contributed by atoms with E-state index in [-0.39, 0.29) is 11.8 Å². The fourth-order valence-electron chi connectivity index (χ4n) is 5.30. The number of amides is 1. The molecule has 2 aromatic carbocycles. The fraction of sp³-hybridized carbons (Fsp3) is 0.367.